The summed E-state index contributed by atoms with van der Waals surface area (Å²) in [6.07, 6.45) is 15.9. The summed E-state index contributed by atoms with van der Waals surface area (Å²) in [6.45, 7) is 2.24. The Labute approximate surface area is 82.2 Å². The molecule has 0 radical (unpaired) electrons. The Morgan fingerprint density at radius 1 is 0.923 bits per heavy atom. The first-order valence-electron chi connectivity index (χ1n) is 5.37. The molecular weight excluding hydrogens is 160 g/mol. The average molecular weight is 182 g/mol. The van der Waals surface area contributed by atoms with Gasteiger partial charge in [-0.05, 0) is 18.9 Å². The third kappa shape index (κ3) is 11.3. The minimum absolute atomic E-state index is 1.07. The van der Waals surface area contributed by atoms with Gasteiger partial charge in [0, 0.05) is 0 Å². The summed E-state index contributed by atoms with van der Waals surface area (Å²) in [7, 11) is 0. The topological polar surface area (TPSA) is 20.2 Å². The van der Waals surface area contributed by atoms with Gasteiger partial charge in [0.15, 0.2) is 0 Å². The van der Waals surface area contributed by atoms with Crippen molar-refractivity contribution in [3.8, 4) is 0 Å². The van der Waals surface area contributed by atoms with Crippen molar-refractivity contribution in [3.63, 3.8) is 0 Å². The maximum absolute atomic E-state index is 8.33. The number of rotatable bonds is 8. The number of unbranched alkanes of at least 4 members (excludes halogenated alkanes) is 6. The number of allylic oxidation sites excluding steroid dienone is 3. The van der Waals surface area contributed by atoms with E-state index in [0.29, 0.717) is 0 Å². The molecule has 76 valence electrons. The van der Waals surface area contributed by atoms with E-state index in [4.69, 9.17) is 5.11 Å². The van der Waals surface area contributed by atoms with E-state index in [1.54, 1.807) is 6.08 Å². The molecule has 0 spiro atoms. The summed E-state index contributed by atoms with van der Waals surface area (Å²) in [4.78, 5) is 0. The monoisotopic (exact) mass is 182 g/mol. The second-order valence-corrected chi connectivity index (χ2v) is 3.33. The van der Waals surface area contributed by atoms with Gasteiger partial charge in [-0.15, -0.1) is 0 Å². The normalized spacial score (nSPS) is 11.8. The fourth-order valence-electron chi connectivity index (χ4n) is 1.27. The molecule has 0 unspecified atom stereocenters. The van der Waals surface area contributed by atoms with Crippen molar-refractivity contribution >= 4 is 0 Å². The fraction of sp³-hybridized carbons (Fsp3) is 0.667. The van der Waals surface area contributed by atoms with E-state index in [2.05, 4.69) is 13.0 Å². The maximum Gasteiger partial charge on any atom is 0.0791 e. The van der Waals surface area contributed by atoms with Crippen molar-refractivity contribution in [2.45, 2.75) is 51.9 Å². The molecule has 0 aromatic rings. The Morgan fingerprint density at radius 3 is 2.31 bits per heavy atom. The van der Waals surface area contributed by atoms with Crippen LogP contribution in [0.3, 0.4) is 0 Å². The van der Waals surface area contributed by atoms with E-state index in [1.807, 2.05) is 6.08 Å². The molecule has 0 saturated heterocycles. The Bertz CT molecular complexity index is 136. The van der Waals surface area contributed by atoms with Crippen LogP contribution in [0.25, 0.3) is 0 Å². The summed E-state index contributed by atoms with van der Waals surface area (Å²) < 4.78 is 0. The fourth-order valence-corrected chi connectivity index (χ4v) is 1.27. The van der Waals surface area contributed by atoms with Crippen LogP contribution in [-0.4, -0.2) is 5.11 Å². The predicted octanol–water partition coefficient (Wildman–Crippen LogP) is 4.36. The molecule has 0 saturated carbocycles. The highest BCUT2D eigenvalue weighted by molar-refractivity contribution is 4.98. The van der Waals surface area contributed by atoms with Gasteiger partial charge in [0.2, 0.25) is 0 Å². The highest BCUT2D eigenvalue weighted by Crippen LogP contribution is 2.06. The third-order valence-electron chi connectivity index (χ3n) is 2.06. The molecule has 0 fully saturated rings. The zero-order valence-corrected chi connectivity index (χ0v) is 8.71. The van der Waals surface area contributed by atoms with Crippen LogP contribution in [0, 0.1) is 0 Å². The van der Waals surface area contributed by atoms with E-state index >= 15 is 0 Å². The third-order valence-corrected chi connectivity index (χ3v) is 2.06. The number of aliphatic hydroxyl groups excluding tert-OH is 1. The molecule has 0 aliphatic carbocycles. The number of hydrogen-bond acceptors (Lipinski definition) is 1. The molecule has 0 amide bonds. The van der Waals surface area contributed by atoms with Gasteiger partial charge in [0.25, 0.3) is 0 Å². The molecule has 13 heavy (non-hydrogen) atoms. The first-order chi connectivity index (χ1) is 6.41. The van der Waals surface area contributed by atoms with Gasteiger partial charge in [0.05, 0.1) is 6.26 Å². The smallest absolute Gasteiger partial charge is 0.0791 e. The molecule has 1 N–H and O–H groups in total. The quantitative estimate of drug-likeness (QED) is 0.336. The second kappa shape index (κ2) is 11.3. The number of aliphatic hydroxyl groups is 1. The van der Waals surface area contributed by atoms with E-state index < -0.39 is 0 Å². The Kier molecular flexibility index (Phi) is 10.7. The summed E-state index contributed by atoms with van der Waals surface area (Å²) in [5.41, 5.74) is 0. The molecule has 0 aromatic heterocycles. The predicted molar refractivity (Wildman–Crippen MR) is 58.9 cm³/mol. The molecule has 0 aliphatic heterocycles. The van der Waals surface area contributed by atoms with Crippen molar-refractivity contribution in [2.24, 2.45) is 0 Å². The molecule has 1 nitrogen and oxygen atoms in total. The largest absolute Gasteiger partial charge is 0.516 e. The lowest BCUT2D eigenvalue weighted by atomic mass is 10.1. The van der Waals surface area contributed by atoms with Crippen molar-refractivity contribution in [3.05, 3.63) is 24.5 Å². The zero-order chi connectivity index (χ0) is 9.78. The van der Waals surface area contributed by atoms with Crippen molar-refractivity contribution in [1.29, 1.82) is 0 Å². The van der Waals surface area contributed by atoms with Crippen LogP contribution in [0.5, 0.6) is 0 Å². The lowest BCUT2D eigenvalue weighted by molar-refractivity contribution is 0.473. The zero-order valence-electron chi connectivity index (χ0n) is 8.71. The van der Waals surface area contributed by atoms with Crippen LogP contribution < -0.4 is 0 Å². The molecule has 0 atom stereocenters. The van der Waals surface area contributed by atoms with Gasteiger partial charge < -0.3 is 5.11 Å². The summed E-state index contributed by atoms with van der Waals surface area (Å²) in [6, 6.07) is 0. The van der Waals surface area contributed by atoms with Gasteiger partial charge in [-0.1, -0.05) is 51.2 Å². The number of hydrogen-bond donors (Lipinski definition) is 1. The molecule has 0 aromatic carbocycles. The highest BCUT2D eigenvalue weighted by atomic mass is 16.2. The Balaban J connectivity index is 2.99. The minimum atomic E-state index is 1.07. The van der Waals surface area contributed by atoms with E-state index in [-0.39, 0.29) is 0 Å². The average Bonchev–Trinajstić information content (AvgIpc) is 2.16. The second-order valence-electron chi connectivity index (χ2n) is 3.33. The van der Waals surface area contributed by atoms with Gasteiger partial charge in [-0.3, -0.25) is 0 Å². The van der Waals surface area contributed by atoms with Crippen LogP contribution in [-0.2, 0) is 0 Å². The summed E-state index contributed by atoms with van der Waals surface area (Å²) in [5.74, 6) is 0. The summed E-state index contributed by atoms with van der Waals surface area (Å²) >= 11 is 0. The van der Waals surface area contributed by atoms with Crippen LogP contribution in [0.1, 0.15) is 51.9 Å². The van der Waals surface area contributed by atoms with E-state index in [9.17, 15) is 0 Å². The molecular formula is C12H22O. The molecule has 0 aliphatic rings. The molecule has 0 rings (SSSR count). The minimum Gasteiger partial charge on any atom is -0.516 e. The SMILES string of the molecule is CCCCCCCC/C=C\C=C\O. The van der Waals surface area contributed by atoms with Crippen LogP contribution >= 0.6 is 0 Å². The Hall–Kier alpha value is -0.720. The van der Waals surface area contributed by atoms with Crippen LogP contribution in [0.15, 0.2) is 24.5 Å². The van der Waals surface area contributed by atoms with Crippen molar-refractivity contribution in [1.82, 2.24) is 0 Å². The van der Waals surface area contributed by atoms with Gasteiger partial charge in [-0.25, -0.2) is 0 Å². The molecule has 0 bridgehead atoms. The lowest BCUT2D eigenvalue weighted by Crippen LogP contribution is -1.77. The maximum atomic E-state index is 8.33. The van der Waals surface area contributed by atoms with Gasteiger partial charge >= 0.3 is 0 Å². The van der Waals surface area contributed by atoms with Crippen molar-refractivity contribution in [2.75, 3.05) is 0 Å². The first-order valence-corrected chi connectivity index (χ1v) is 5.37. The van der Waals surface area contributed by atoms with Crippen molar-refractivity contribution < 1.29 is 5.11 Å². The van der Waals surface area contributed by atoms with Gasteiger partial charge in [-0.2, -0.15) is 0 Å². The highest BCUT2D eigenvalue weighted by Gasteiger charge is 1.87. The summed E-state index contributed by atoms with van der Waals surface area (Å²) in [5, 5.41) is 8.33. The van der Waals surface area contributed by atoms with E-state index in [0.717, 1.165) is 12.7 Å². The first kappa shape index (κ1) is 12.3. The van der Waals surface area contributed by atoms with Gasteiger partial charge in [0.1, 0.15) is 0 Å². The van der Waals surface area contributed by atoms with Crippen LogP contribution in [0.4, 0.5) is 0 Å². The standard InChI is InChI=1S/C12H22O/c1-2-3-4-5-6-7-8-9-10-11-12-13/h9-13H,2-8H2,1H3/b10-9-,12-11+. The van der Waals surface area contributed by atoms with E-state index in [1.165, 1.54) is 38.5 Å². The lowest BCUT2D eigenvalue weighted by Gasteiger charge is -1.96. The molecule has 1 heteroatoms. The Morgan fingerprint density at radius 2 is 1.62 bits per heavy atom. The molecule has 0 heterocycles. The van der Waals surface area contributed by atoms with Crippen LogP contribution in [0.2, 0.25) is 0 Å².